The predicted molar refractivity (Wildman–Crippen MR) is 89.4 cm³/mol. The molecule has 0 aromatic heterocycles. The molecule has 0 aliphatic carbocycles. The summed E-state index contributed by atoms with van der Waals surface area (Å²) in [5.41, 5.74) is 2.91. The van der Waals surface area contributed by atoms with E-state index in [1.54, 1.807) is 0 Å². The van der Waals surface area contributed by atoms with Crippen LogP contribution < -0.4 is 0 Å². The Kier molecular flexibility index (Phi) is 5.01. The summed E-state index contributed by atoms with van der Waals surface area (Å²) in [5.74, 6) is 0.787. The Morgan fingerprint density at radius 1 is 1.19 bits per heavy atom. The zero-order valence-electron chi connectivity index (χ0n) is 12.6. The van der Waals surface area contributed by atoms with Gasteiger partial charge >= 0.3 is 0 Å². The Balaban J connectivity index is 1.54. The molecule has 1 unspecified atom stereocenters. The zero-order chi connectivity index (χ0) is 14.3. The standard InChI is InChI=1S/C19H24N2/c1-2-7-17(8-3-1)15-21-12-6-10-19(16-21)13-18-9-4-5-11-20-14-18/h1-5,7-8,11,14,19H,6,9-10,12-13,15-16H2. The van der Waals surface area contributed by atoms with Crippen molar-refractivity contribution in [3.8, 4) is 0 Å². The number of piperidine rings is 1. The smallest absolute Gasteiger partial charge is 0.0264 e. The largest absolute Gasteiger partial charge is 0.299 e. The minimum Gasteiger partial charge on any atom is -0.299 e. The maximum Gasteiger partial charge on any atom is 0.0264 e. The van der Waals surface area contributed by atoms with Crippen LogP contribution in [0.5, 0.6) is 0 Å². The van der Waals surface area contributed by atoms with E-state index in [0.717, 1.165) is 18.9 Å². The highest BCUT2D eigenvalue weighted by atomic mass is 15.1. The lowest BCUT2D eigenvalue weighted by atomic mass is 9.90. The normalized spacial score (nSPS) is 22.9. The Morgan fingerprint density at radius 3 is 3.00 bits per heavy atom. The van der Waals surface area contributed by atoms with E-state index in [2.05, 4.69) is 52.5 Å². The van der Waals surface area contributed by atoms with Crippen LogP contribution >= 0.6 is 0 Å². The van der Waals surface area contributed by atoms with Gasteiger partial charge in [0.1, 0.15) is 0 Å². The lowest BCUT2D eigenvalue weighted by Crippen LogP contribution is -2.35. The second-order valence-corrected chi connectivity index (χ2v) is 6.15. The van der Waals surface area contributed by atoms with Gasteiger partial charge in [0, 0.05) is 25.5 Å². The maximum atomic E-state index is 4.32. The van der Waals surface area contributed by atoms with Crippen LogP contribution in [0.15, 0.2) is 59.2 Å². The summed E-state index contributed by atoms with van der Waals surface area (Å²) >= 11 is 0. The molecule has 2 aliphatic heterocycles. The Morgan fingerprint density at radius 2 is 2.10 bits per heavy atom. The first kappa shape index (κ1) is 14.3. The number of aliphatic imine (C=N–C) groups is 1. The molecule has 2 aliphatic rings. The van der Waals surface area contributed by atoms with Crippen LogP contribution in [-0.2, 0) is 6.54 Å². The molecule has 2 heterocycles. The van der Waals surface area contributed by atoms with Gasteiger partial charge in [0.15, 0.2) is 0 Å². The molecule has 1 aromatic rings. The molecule has 3 rings (SSSR count). The Labute approximate surface area is 127 Å². The first-order valence-electron chi connectivity index (χ1n) is 8.02. The van der Waals surface area contributed by atoms with E-state index in [1.807, 2.05) is 12.3 Å². The average Bonchev–Trinajstić information content (AvgIpc) is 2.77. The van der Waals surface area contributed by atoms with Gasteiger partial charge in [0.05, 0.1) is 0 Å². The van der Waals surface area contributed by atoms with Crippen molar-refractivity contribution < 1.29 is 0 Å². The van der Waals surface area contributed by atoms with Crippen molar-refractivity contribution in [2.75, 3.05) is 13.1 Å². The fourth-order valence-corrected chi connectivity index (χ4v) is 3.34. The number of hydrogen-bond acceptors (Lipinski definition) is 2. The topological polar surface area (TPSA) is 15.6 Å². The monoisotopic (exact) mass is 280 g/mol. The van der Waals surface area contributed by atoms with E-state index < -0.39 is 0 Å². The number of nitrogens with zero attached hydrogens (tertiary/aromatic N) is 2. The molecule has 0 radical (unpaired) electrons. The summed E-state index contributed by atoms with van der Waals surface area (Å²) in [6, 6.07) is 10.8. The zero-order valence-corrected chi connectivity index (χ0v) is 12.6. The third-order valence-electron chi connectivity index (χ3n) is 4.35. The van der Waals surface area contributed by atoms with Gasteiger partial charge in [-0.15, -0.1) is 0 Å². The van der Waals surface area contributed by atoms with E-state index in [9.17, 15) is 0 Å². The van der Waals surface area contributed by atoms with E-state index >= 15 is 0 Å². The van der Waals surface area contributed by atoms with Crippen LogP contribution in [0.4, 0.5) is 0 Å². The molecule has 2 heteroatoms. The summed E-state index contributed by atoms with van der Waals surface area (Å²) in [7, 11) is 0. The fraction of sp³-hybridized carbons (Fsp3) is 0.421. The number of allylic oxidation sites excluding steroid dienone is 3. The predicted octanol–water partition coefficient (Wildman–Crippen LogP) is 4.20. The molecule has 0 spiro atoms. The quantitative estimate of drug-likeness (QED) is 0.807. The van der Waals surface area contributed by atoms with Crippen LogP contribution in [0.25, 0.3) is 0 Å². The van der Waals surface area contributed by atoms with Gasteiger partial charge in [-0.25, -0.2) is 0 Å². The first-order chi connectivity index (χ1) is 10.4. The van der Waals surface area contributed by atoms with Gasteiger partial charge in [0.2, 0.25) is 0 Å². The summed E-state index contributed by atoms with van der Waals surface area (Å²) in [6.45, 7) is 3.55. The molecule has 1 atom stereocenters. The molecule has 1 fully saturated rings. The van der Waals surface area contributed by atoms with Gasteiger partial charge in [-0.05, 0) is 55.4 Å². The molecule has 0 bridgehead atoms. The summed E-state index contributed by atoms with van der Waals surface area (Å²) in [5, 5.41) is 0. The van der Waals surface area contributed by atoms with Crippen molar-refractivity contribution in [2.45, 2.75) is 32.2 Å². The molecule has 1 saturated heterocycles. The number of rotatable bonds is 4. The molecule has 110 valence electrons. The SMILES string of the molecule is C1=CCC(CC2CCCN(Cc3ccccc3)C2)=CN=C1. The van der Waals surface area contributed by atoms with Gasteiger partial charge < -0.3 is 0 Å². The van der Waals surface area contributed by atoms with Crippen molar-refractivity contribution in [3.05, 3.63) is 59.8 Å². The summed E-state index contributed by atoms with van der Waals surface area (Å²) in [6.07, 6.45) is 13.2. The second kappa shape index (κ2) is 7.37. The third-order valence-corrected chi connectivity index (χ3v) is 4.35. The maximum absolute atomic E-state index is 4.32. The molecular weight excluding hydrogens is 256 g/mol. The van der Waals surface area contributed by atoms with E-state index in [0.29, 0.717) is 0 Å². The van der Waals surface area contributed by atoms with E-state index in [4.69, 9.17) is 0 Å². The fourth-order valence-electron chi connectivity index (χ4n) is 3.34. The van der Waals surface area contributed by atoms with Crippen LogP contribution in [0.3, 0.4) is 0 Å². The van der Waals surface area contributed by atoms with Gasteiger partial charge in [0.25, 0.3) is 0 Å². The van der Waals surface area contributed by atoms with Crippen LogP contribution in [0, 0.1) is 5.92 Å². The van der Waals surface area contributed by atoms with Crippen molar-refractivity contribution >= 4 is 6.21 Å². The number of benzene rings is 1. The Hall–Kier alpha value is -1.67. The van der Waals surface area contributed by atoms with Crippen molar-refractivity contribution in [2.24, 2.45) is 10.9 Å². The first-order valence-corrected chi connectivity index (χ1v) is 8.02. The molecular formula is C19H24N2. The summed E-state index contributed by atoms with van der Waals surface area (Å²) in [4.78, 5) is 6.93. The number of likely N-dealkylation sites (tertiary alicyclic amines) is 1. The highest BCUT2D eigenvalue weighted by Crippen LogP contribution is 2.26. The third kappa shape index (κ3) is 4.40. The van der Waals surface area contributed by atoms with Gasteiger partial charge in [-0.1, -0.05) is 36.4 Å². The van der Waals surface area contributed by atoms with Crippen LogP contribution in [0.2, 0.25) is 0 Å². The molecule has 1 aromatic carbocycles. The van der Waals surface area contributed by atoms with Crippen molar-refractivity contribution in [3.63, 3.8) is 0 Å². The molecule has 0 N–H and O–H groups in total. The van der Waals surface area contributed by atoms with E-state index in [1.165, 1.54) is 43.5 Å². The molecule has 0 amide bonds. The van der Waals surface area contributed by atoms with Gasteiger partial charge in [-0.2, -0.15) is 0 Å². The van der Waals surface area contributed by atoms with Crippen LogP contribution in [-0.4, -0.2) is 24.2 Å². The van der Waals surface area contributed by atoms with E-state index in [-0.39, 0.29) is 0 Å². The molecule has 0 saturated carbocycles. The minimum atomic E-state index is 0.787. The number of hydrogen-bond donors (Lipinski definition) is 0. The highest BCUT2D eigenvalue weighted by molar-refractivity contribution is 5.72. The minimum absolute atomic E-state index is 0.787. The lowest BCUT2D eigenvalue weighted by molar-refractivity contribution is 0.166. The average molecular weight is 280 g/mol. The molecule has 21 heavy (non-hydrogen) atoms. The highest BCUT2D eigenvalue weighted by Gasteiger charge is 2.20. The van der Waals surface area contributed by atoms with Crippen LogP contribution in [0.1, 0.15) is 31.2 Å². The summed E-state index contributed by atoms with van der Waals surface area (Å²) < 4.78 is 0. The Bertz CT molecular complexity index is 528. The van der Waals surface area contributed by atoms with Gasteiger partial charge in [-0.3, -0.25) is 9.89 Å². The molecule has 2 nitrogen and oxygen atoms in total. The van der Waals surface area contributed by atoms with Crippen molar-refractivity contribution in [1.82, 2.24) is 4.90 Å². The second-order valence-electron chi connectivity index (χ2n) is 6.15. The van der Waals surface area contributed by atoms with Crippen molar-refractivity contribution in [1.29, 1.82) is 0 Å². The lowest BCUT2D eigenvalue weighted by Gasteiger charge is -2.33.